The van der Waals surface area contributed by atoms with Crippen molar-refractivity contribution >= 4 is 45.6 Å². The van der Waals surface area contributed by atoms with Gasteiger partial charge in [-0.1, -0.05) is 18.2 Å². The molecule has 2 heterocycles. The minimum absolute atomic E-state index is 0.0582. The van der Waals surface area contributed by atoms with E-state index in [4.69, 9.17) is 4.74 Å². The molecule has 0 fully saturated rings. The van der Waals surface area contributed by atoms with Crippen LogP contribution in [0.3, 0.4) is 0 Å². The van der Waals surface area contributed by atoms with Crippen molar-refractivity contribution in [1.29, 1.82) is 0 Å². The maximum Gasteiger partial charge on any atom is 0.348 e. The van der Waals surface area contributed by atoms with E-state index in [9.17, 15) is 23.9 Å². The zero-order valence-corrected chi connectivity index (χ0v) is 17.6. The predicted molar refractivity (Wildman–Crippen MR) is 118 cm³/mol. The summed E-state index contributed by atoms with van der Waals surface area (Å²) in [5, 5.41) is 13.6. The zero-order chi connectivity index (χ0) is 22.8. The second kappa shape index (κ2) is 8.64. The van der Waals surface area contributed by atoms with Crippen molar-refractivity contribution < 1.29 is 28.6 Å². The molecule has 7 nitrogen and oxygen atoms in total. The van der Waals surface area contributed by atoms with E-state index in [0.717, 1.165) is 16.9 Å². The number of carboxylic acid groups (broad SMARTS) is 1. The fourth-order valence-electron chi connectivity index (χ4n) is 3.45. The highest BCUT2D eigenvalue weighted by atomic mass is 32.1. The van der Waals surface area contributed by atoms with Crippen molar-refractivity contribution in [1.82, 2.24) is 4.57 Å². The minimum Gasteiger partial charge on any atom is -0.496 e. The second-order valence-corrected chi connectivity index (χ2v) is 7.82. The number of ketones is 1. The van der Waals surface area contributed by atoms with Crippen LogP contribution in [0.15, 0.2) is 60.1 Å². The molecule has 0 aliphatic rings. The number of Topliss-reactive ketones (excluding diaryl/α,β-unsaturated/α-hetero) is 1. The maximum absolute atomic E-state index is 13.3. The number of anilines is 1. The number of aromatic carboxylic acids is 1. The van der Waals surface area contributed by atoms with Crippen molar-refractivity contribution in [2.75, 3.05) is 12.4 Å². The van der Waals surface area contributed by atoms with E-state index in [1.54, 1.807) is 41.1 Å². The van der Waals surface area contributed by atoms with Crippen molar-refractivity contribution in [3.8, 4) is 5.75 Å². The average molecular weight is 452 g/mol. The Hall–Kier alpha value is -3.98. The lowest BCUT2D eigenvalue weighted by atomic mass is 10.1. The molecule has 0 atom stereocenters. The highest BCUT2D eigenvalue weighted by Crippen LogP contribution is 2.32. The summed E-state index contributed by atoms with van der Waals surface area (Å²) in [5.74, 6) is -2.93. The van der Waals surface area contributed by atoms with E-state index >= 15 is 0 Å². The largest absolute Gasteiger partial charge is 0.496 e. The van der Waals surface area contributed by atoms with Crippen LogP contribution in [0.1, 0.15) is 25.6 Å². The van der Waals surface area contributed by atoms with Crippen molar-refractivity contribution in [2.45, 2.75) is 6.54 Å². The molecule has 0 aliphatic heterocycles. The quantitative estimate of drug-likeness (QED) is 0.320. The second-order valence-electron chi connectivity index (χ2n) is 6.90. The van der Waals surface area contributed by atoms with Gasteiger partial charge in [0.2, 0.25) is 0 Å². The SMILES string of the molecule is COc1cccc2c1c(C(=O)C(=O)Nc1ccsc1C(=O)O)cn2Cc1ccc(F)cc1. The molecular weight excluding hydrogens is 435 g/mol. The number of carbonyl (C=O) groups is 3. The summed E-state index contributed by atoms with van der Waals surface area (Å²) in [4.78, 5) is 37.0. The van der Waals surface area contributed by atoms with Gasteiger partial charge in [0.05, 0.1) is 29.3 Å². The van der Waals surface area contributed by atoms with E-state index in [1.165, 1.54) is 30.7 Å². The number of carbonyl (C=O) groups excluding carboxylic acids is 2. The maximum atomic E-state index is 13.3. The molecule has 0 unspecified atom stereocenters. The van der Waals surface area contributed by atoms with Gasteiger partial charge in [-0.2, -0.15) is 0 Å². The highest BCUT2D eigenvalue weighted by Gasteiger charge is 2.25. The molecule has 4 rings (SSSR count). The van der Waals surface area contributed by atoms with Crippen LogP contribution in [0.4, 0.5) is 10.1 Å². The lowest BCUT2D eigenvalue weighted by Crippen LogP contribution is -2.23. The number of carboxylic acids is 1. The van der Waals surface area contributed by atoms with Gasteiger partial charge in [0, 0.05) is 12.7 Å². The first-order valence-electron chi connectivity index (χ1n) is 9.45. The number of halogens is 1. The summed E-state index contributed by atoms with van der Waals surface area (Å²) in [7, 11) is 1.46. The molecule has 0 saturated carbocycles. The van der Waals surface area contributed by atoms with Crippen LogP contribution in [0.5, 0.6) is 5.75 Å². The van der Waals surface area contributed by atoms with Gasteiger partial charge in [-0.15, -0.1) is 11.3 Å². The van der Waals surface area contributed by atoms with Gasteiger partial charge in [0.25, 0.3) is 11.7 Å². The fourth-order valence-corrected chi connectivity index (χ4v) is 4.14. The van der Waals surface area contributed by atoms with Gasteiger partial charge in [0.15, 0.2) is 0 Å². The molecule has 0 bridgehead atoms. The number of ether oxygens (including phenoxy) is 1. The Morgan fingerprint density at radius 2 is 1.88 bits per heavy atom. The number of benzene rings is 2. The number of rotatable bonds is 7. The Morgan fingerprint density at radius 1 is 1.12 bits per heavy atom. The van der Waals surface area contributed by atoms with Gasteiger partial charge >= 0.3 is 5.97 Å². The number of thiophene rings is 1. The fraction of sp³-hybridized carbons (Fsp3) is 0.0870. The molecule has 9 heteroatoms. The summed E-state index contributed by atoms with van der Waals surface area (Å²) >= 11 is 0.946. The standard InChI is InChI=1S/C23H17FN2O5S/c1-31-18-4-2-3-17-19(18)15(12-26(17)11-13-5-7-14(24)8-6-13)20(27)22(28)25-16-9-10-32-21(16)23(29)30/h2-10,12H,11H2,1H3,(H,25,28)(H,29,30). The number of amides is 1. The lowest BCUT2D eigenvalue weighted by Gasteiger charge is -2.07. The Morgan fingerprint density at radius 3 is 2.56 bits per heavy atom. The number of fused-ring (bicyclic) bond motifs is 1. The minimum atomic E-state index is -1.19. The Kier molecular flexibility index (Phi) is 5.74. The molecule has 0 radical (unpaired) electrons. The number of nitrogens with one attached hydrogen (secondary N) is 1. The molecular formula is C23H17FN2O5S. The normalized spacial score (nSPS) is 10.8. The van der Waals surface area contributed by atoms with E-state index in [-0.39, 0.29) is 21.9 Å². The van der Waals surface area contributed by atoms with E-state index in [1.807, 2.05) is 0 Å². The third-order valence-corrected chi connectivity index (χ3v) is 5.81. The first kappa shape index (κ1) is 21.3. The molecule has 2 N–H and O–H groups in total. The van der Waals surface area contributed by atoms with Crippen LogP contribution in [-0.4, -0.2) is 34.4 Å². The Balaban J connectivity index is 1.73. The van der Waals surface area contributed by atoms with Crippen molar-refractivity contribution in [2.24, 2.45) is 0 Å². The van der Waals surface area contributed by atoms with Gasteiger partial charge in [-0.25, -0.2) is 9.18 Å². The van der Waals surface area contributed by atoms with Crippen molar-refractivity contribution in [3.63, 3.8) is 0 Å². The molecule has 0 saturated heterocycles. The third-order valence-electron chi connectivity index (χ3n) is 4.91. The Bertz CT molecular complexity index is 1340. The van der Waals surface area contributed by atoms with Crippen LogP contribution in [0.25, 0.3) is 10.9 Å². The van der Waals surface area contributed by atoms with Gasteiger partial charge in [-0.3, -0.25) is 9.59 Å². The highest BCUT2D eigenvalue weighted by molar-refractivity contribution is 7.12. The van der Waals surface area contributed by atoms with E-state index < -0.39 is 17.7 Å². The van der Waals surface area contributed by atoms with Gasteiger partial charge < -0.3 is 19.7 Å². The topological polar surface area (TPSA) is 97.6 Å². The first-order chi connectivity index (χ1) is 15.4. The van der Waals surface area contributed by atoms with Crippen LogP contribution in [0, 0.1) is 5.82 Å². The molecule has 2 aromatic heterocycles. The van der Waals surface area contributed by atoms with Gasteiger partial charge in [-0.05, 0) is 41.3 Å². The first-order valence-corrected chi connectivity index (χ1v) is 10.3. The average Bonchev–Trinajstić information content (AvgIpc) is 3.39. The smallest absolute Gasteiger partial charge is 0.348 e. The van der Waals surface area contributed by atoms with E-state index in [2.05, 4.69) is 5.32 Å². The Labute approximate surface area is 185 Å². The number of nitrogens with zero attached hydrogens (tertiary/aromatic N) is 1. The number of hydrogen-bond acceptors (Lipinski definition) is 5. The summed E-state index contributed by atoms with van der Waals surface area (Å²) in [5.41, 5.74) is 1.64. The molecule has 0 spiro atoms. The summed E-state index contributed by atoms with van der Waals surface area (Å²) in [6, 6.07) is 12.6. The summed E-state index contributed by atoms with van der Waals surface area (Å²) < 4.78 is 20.4. The van der Waals surface area contributed by atoms with Crippen LogP contribution < -0.4 is 10.1 Å². The molecule has 4 aromatic rings. The molecule has 0 aliphatic carbocycles. The monoisotopic (exact) mass is 452 g/mol. The number of aromatic nitrogens is 1. The number of methoxy groups -OCH3 is 1. The van der Waals surface area contributed by atoms with Gasteiger partial charge in [0.1, 0.15) is 16.4 Å². The summed E-state index contributed by atoms with van der Waals surface area (Å²) in [6.07, 6.45) is 1.55. The van der Waals surface area contributed by atoms with Crippen LogP contribution >= 0.6 is 11.3 Å². The predicted octanol–water partition coefficient (Wildman–Crippen LogP) is 4.42. The lowest BCUT2D eigenvalue weighted by molar-refractivity contribution is -0.112. The molecule has 32 heavy (non-hydrogen) atoms. The molecule has 162 valence electrons. The number of hydrogen-bond donors (Lipinski definition) is 2. The van der Waals surface area contributed by atoms with Crippen LogP contribution in [0.2, 0.25) is 0 Å². The molecule has 2 aromatic carbocycles. The van der Waals surface area contributed by atoms with Crippen LogP contribution in [-0.2, 0) is 11.3 Å². The van der Waals surface area contributed by atoms with Crippen molar-refractivity contribution in [3.05, 3.63) is 81.9 Å². The summed E-state index contributed by atoms with van der Waals surface area (Å²) in [6.45, 7) is 0.340. The third kappa shape index (κ3) is 3.97. The van der Waals surface area contributed by atoms with E-state index in [0.29, 0.717) is 23.2 Å². The zero-order valence-electron chi connectivity index (χ0n) is 16.8. The molecule has 1 amide bonds.